The van der Waals surface area contributed by atoms with Crippen LogP contribution in [0.3, 0.4) is 0 Å². The van der Waals surface area contributed by atoms with Crippen LogP contribution in [0.15, 0.2) is 39.0 Å². The third-order valence-corrected chi connectivity index (χ3v) is 3.98. The molecule has 2 aliphatic heterocycles. The first-order valence-corrected chi connectivity index (χ1v) is 6.94. The predicted octanol–water partition coefficient (Wildman–Crippen LogP) is 2.87. The van der Waals surface area contributed by atoms with Crippen molar-refractivity contribution in [2.75, 3.05) is 4.90 Å². The molecular formula is C12H9BrClN3O2. The van der Waals surface area contributed by atoms with Gasteiger partial charge in [-0.2, -0.15) is 10.2 Å². The quantitative estimate of drug-likeness (QED) is 0.447. The van der Waals surface area contributed by atoms with Crippen molar-refractivity contribution in [3.8, 4) is 0 Å². The highest BCUT2D eigenvalue weighted by molar-refractivity contribution is 9.10. The number of imide groups is 1. The smallest absolute Gasteiger partial charge is 0.264 e. The second-order valence-electron chi connectivity index (χ2n) is 4.58. The van der Waals surface area contributed by atoms with E-state index in [0.717, 1.165) is 4.47 Å². The number of rotatable bonds is 1. The van der Waals surface area contributed by atoms with Gasteiger partial charge in [-0.15, -0.1) is 0 Å². The number of hydrogen-bond donors (Lipinski definition) is 0. The Hall–Kier alpha value is -1.27. The number of hydrogen-bond acceptors (Lipinski definition) is 4. The second-order valence-corrected chi connectivity index (χ2v) is 6.00. The van der Waals surface area contributed by atoms with Crippen LogP contribution in [0.5, 0.6) is 0 Å². The fourth-order valence-corrected chi connectivity index (χ4v) is 3.06. The van der Waals surface area contributed by atoms with Crippen molar-refractivity contribution in [2.24, 2.45) is 10.2 Å². The van der Waals surface area contributed by atoms with E-state index in [4.69, 9.17) is 11.6 Å². The maximum absolute atomic E-state index is 12.5. The molecule has 1 aromatic carbocycles. The van der Waals surface area contributed by atoms with E-state index in [9.17, 15) is 9.59 Å². The summed E-state index contributed by atoms with van der Waals surface area (Å²) in [6, 6.07) is 7.03. The van der Waals surface area contributed by atoms with Gasteiger partial charge in [0.05, 0.1) is 12.1 Å². The van der Waals surface area contributed by atoms with Crippen molar-refractivity contribution in [3.05, 3.63) is 28.7 Å². The lowest BCUT2D eigenvalue weighted by Crippen LogP contribution is -2.38. The van der Waals surface area contributed by atoms with Crippen LogP contribution in [-0.2, 0) is 9.59 Å². The molecule has 3 rings (SSSR count). The van der Waals surface area contributed by atoms with Gasteiger partial charge >= 0.3 is 0 Å². The maximum atomic E-state index is 12.5. The number of anilines is 1. The Labute approximate surface area is 122 Å². The average Bonchev–Trinajstić information content (AvgIpc) is 2.82. The minimum atomic E-state index is -1.09. The van der Waals surface area contributed by atoms with Gasteiger partial charge in [0.15, 0.2) is 5.54 Å². The van der Waals surface area contributed by atoms with E-state index in [1.54, 1.807) is 18.2 Å². The molecule has 2 atom stereocenters. The van der Waals surface area contributed by atoms with Crippen molar-refractivity contribution >= 4 is 45.0 Å². The van der Waals surface area contributed by atoms with Crippen LogP contribution in [0.1, 0.15) is 12.8 Å². The van der Waals surface area contributed by atoms with E-state index < -0.39 is 11.0 Å². The summed E-state index contributed by atoms with van der Waals surface area (Å²) >= 11 is 9.19. The molecule has 0 radical (unpaired) electrons. The number of carbonyl (C=O) groups excluding carboxylic acids is 2. The first-order valence-electron chi connectivity index (χ1n) is 5.71. The van der Waals surface area contributed by atoms with Crippen LogP contribution in [0.2, 0.25) is 0 Å². The molecule has 0 saturated carbocycles. The highest BCUT2D eigenvalue weighted by Crippen LogP contribution is 2.41. The summed E-state index contributed by atoms with van der Waals surface area (Å²) in [4.78, 5) is 25.7. The lowest BCUT2D eigenvalue weighted by atomic mass is 9.95. The van der Waals surface area contributed by atoms with Crippen LogP contribution in [0.4, 0.5) is 5.69 Å². The third kappa shape index (κ3) is 1.99. The molecule has 7 heteroatoms. The molecule has 5 nitrogen and oxygen atoms in total. The molecule has 0 N–H and O–H groups in total. The molecule has 1 aromatic rings. The van der Waals surface area contributed by atoms with E-state index in [0.29, 0.717) is 5.69 Å². The molecule has 1 spiro atoms. The lowest BCUT2D eigenvalue weighted by Gasteiger charge is -2.18. The predicted molar refractivity (Wildman–Crippen MR) is 73.1 cm³/mol. The number of carbonyl (C=O) groups is 2. The van der Waals surface area contributed by atoms with Crippen LogP contribution in [0, 0.1) is 0 Å². The van der Waals surface area contributed by atoms with Crippen LogP contribution >= 0.6 is 27.5 Å². The van der Waals surface area contributed by atoms with Crippen molar-refractivity contribution < 1.29 is 9.59 Å². The number of halogens is 2. The normalized spacial score (nSPS) is 29.8. The number of nitrogens with zero attached hydrogens (tertiary/aromatic N) is 3. The first-order chi connectivity index (χ1) is 9.02. The molecular weight excluding hydrogens is 334 g/mol. The fourth-order valence-electron chi connectivity index (χ4n) is 2.37. The summed E-state index contributed by atoms with van der Waals surface area (Å²) < 4.78 is 0.801. The molecule has 2 amide bonds. The van der Waals surface area contributed by atoms with Crippen LogP contribution in [0.25, 0.3) is 0 Å². The Morgan fingerprint density at radius 2 is 2.21 bits per heavy atom. The zero-order valence-electron chi connectivity index (χ0n) is 9.72. The SMILES string of the molecule is O=C1C[C@]2(C[C@H](Cl)N=N2)C(=O)N1c1cccc(Br)c1. The van der Waals surface area contributed by atoms with Gasteiger partial charge in [0.2, 0.25) is 5.91 Å². The molecule has 0 bridgehead atoms. The summed E-state index contributed by atoms with van der Waals surface area (Å²) in [5.74, 6) is -0.615. The molecule has 2 heterocycles. The molecule has 19 heavy (non-hydrogen) atoms. The second kappa shape index (κ2) is 4.38. The third-order valence-electron chi connectivity index (χ3n) is 3.24. The van der Waals surface area contributed by atoms with Gasteiger partial charge in [0.1, 0.15) is 5.50 Å². The molecule has 0 aromatic heterocycles. The largest absolute Gasteiger partial charge is 0.274 e. The van der Waals surface area contributed by atoms with Gasteiger partial charge < -0.3 is 0 Å². The molecule has 98 valence electrons. The molecule has 2 aliphatic rings. The van der Waals surface area contributed by atoms with Gasteiger partial charge in [-0.3, -0.25) is 9.59 Å². The fraction of sp³-hybridized carbons (Fsp3) is 0.333. The summed E-state index contributed by atoms with van der Waals surface area (Å²) in [5, 5.41) is 7.73. The van der Waals surface area contributed by atoms with Crippen LogP contribution in [-0.4, -0.2) is 22.9 Å². The Bertz CT molecular complexity index is 606. The maximum Gasteiger partial charge on any atom is 0.264 e. The zero-order chi connectivity index (χ0) is 13.6. The van der Waals surface area contributed by atoms with Crippen molar-refractivity contribution in [2.45, 2.75) is 23.9 Å². The molecule has 0 unspecified atom stereocenters. The first kappa shape index (κ1) is 12.7. The number of benzene rings is 1. The minimum Gasteiger partial charge on any atom is -0.274 e. The Morgan fingerprint density at radius 1 is 1.42 bits per heavy atom. The molecule has 1 fully saturated rings. The standard InChI is InChI=1S/C12H9BrClN3O2/c13-7-2-1-3-8(4-7)17-10(18)6-12(11(17)19)5-9(14)15-16-12/h1-4,9H,5-6H2/t9-,12-/m1/s1. The van der Waals surface area contributed by atoms with E-state index in [1.165, 1.54) is 4.90 Å². The summed E-state index contributed by atoms with van der Waals surface area (Å²) in [6.45, 7) is 0. The van der Waals surface area contributed by atoms with Gasteiger partial charge in [0.25, 0.3) is 5.91 Å². The van der Waals surface area contributed by atoms with E-state index in [1.807, 2.05) is 6.07 Å². The van der Waals surface area contributed by atoms with E-state index >= 15 is 0 Å². The van der Waals surface area contributed by atoms with E-state index in [2.05, 4.69) is 26.2 Å². The number of amides is 2. The Morgan fingerprint density at radius 3 is 2.84 bits per heavy atom. The van der Waals surface area contributed by atoms with Gasteiger partial charge in [-0.25, -0.2) is 4.90 Å². The Kier molecular flexibility index (Phi) is 2.94. The number of alkyl halides is 1. The lowest BCUT2D eigenvalue weighted by molar-refractivity contribution is -0.122. The monoisotopic (exact) mass is 341 g/mol. The summed E-state index contributed by atoms with van der Waals surface area (Å²) in [7, 11) is 0. The van der Waals surface area contributed by atoms with Crippen molar-refractivity contribution in [1.29, 1.82) is 0 Å². The van der Waals surface area contributed by atoms with Gasteiger partial charge in [-0.05, 0) is 18.2 Å². The highest BCUT2D eigenvalue weighted by atomic mass is 79.9. The van der Waals surface area contributed by atoms with Gasteiger partial charge in [-0.1, -0.05) is 33.6 Å². The van der Waals surface area contributed by atoms with Gasteiger partial charge in [0, 0.05) is 10.9 Å². The molecule has 1 saturated heterocycles. The Balaban J connectivity index is 1.99. The van der Waals surface area contributed by atoms with E-state index in [-0.39, 0.29) is 24.7 Å². The van der Waals surface area contributed by atoms with Crippen molar-refractivity contribution in [1.82, 2.24) is 0 Å². The zero-order valence-corrected chi connectivity index (χ0v) is 12.1. The summed E-state index contributed by atoms with van der Waals surface area (Å²) in [6.07, 6.45) is 0.314. The van der Waals surface area contributed by atoms with Crippen molar-refractivity contribution in [3.63, 3.8) is 0 Å². The summed E-state index contributed by atoms with van der Waals surface area (Å²) in [5.41, 5.74) is -1.08. The number of azo groups is 1. The minimum absolute atomic E-state index is 0.0328. The topological polar surface area (TPSA) is 62.1 Å². The van der Waals surface area contributed by atoms with Crippen LogP contribution < -0.4 is 4.90 Å². The highest BCUT2D eigenvalue weighted by Gasteiger charge is 2.56. The molecule has 0 aliphatic carbocycles. The average molecular weight is 343 g/mol.